The Bertz CT molecular complexity index is 452. The molecule has 2 amide bonds. The molecule has 0 aromatic carbocycles. The van der Waals surface area contributed by atoms with E-state index in [-0.39, 0.29) is 11.8 Å². The van der Waals surface area contributed by atoms with Crippen molar-refractivity contribution < 1.29 is 19.5 Å². The average molecular weight is 270 g/mol. The Morgan fingerprint density at radius 1 is 1.05 bits per heavy atom. The van der Waals surface area contributed by atoms with Crippen LogP contribution in [0.1, 0.15) is 41.5 Å². The molecule has 1 aliphatic rings. The van der Waals surface area contributed by atoms with Crippen molar-refractivity contribution >= 4 is 17.8 Å². The molecule has 1 fully saturated rings. The van der Waals surface area contributed by atoms with Gasteiger partial charge in [-0.2, -0.15) is 0 Å². The van der Waals surface area contributed by atoms with Crippen molar-refractivity contribution in [3.8, 4) is 0 Å². The van der Waals surface area contributed by atoms with Crippen LogP contribution in [-0.4, -0.2) is 56.4 Å². The molecule has 19 heavy (non-hydrogen) atoms. The lowest BCUT2D eigenvalue weighted by atomic mass is 9.83. The minimum atomic E-state index is -1.45. The van der Waals surface area contributed by atoms with Gasteiger partial charge >= 0.3 is 5.97 Å². The highest BCUT2D eigenvalue weighted by Gasteiger charge is 2.59. The first kappa shape index (κ1) is 15.5. The normalized spacial score (nSPS) is 22.7. The van der Waals surface area contributed by atoms with Crippen LogP contribution >= 0.6 is 0 Å². The molecule has 1 saturated heterocycles. The maximum absolute atomic E-state index is 12.6. The van der Waals surface area contributed by atoms with Crippen molar-refractivity contribution in [3.63, 3.8) is 0 Å². The van der Waals surface area contributed by atoms with Crippen molar-refractivity contribution in [2.75, 3.05) is 7.05 Å². The van der Waals surface area contributed by atoms with Crippen molar-refractivity contribution in [3.05, 3.63) is 0 Å². The lowest BCUT2D eigenvalue weighted by Gasteiger charge is -2.55. The molecule has 1 heterocycles. The molecular weight excluding hydrogens is 248 g/mol. The third-order valence-electron chi connectivity index (χ3n) is 4.03. The standard InChI is InChI=1S/C13H22N2O4/c1-11(2)9(17)15(13(5,6)10(18)19)12(3,4)8(16)14(11)7/h1-7H3,(H,18,19). The molecule has 0 aromatic rings. The molecule has 0 atom stereocenters. The van der Waals surface area contributed by atoms with E-state index >= 15 is 0 Å². The lowest BCUT2D eigenvalue weighted by molar-refractivity contribution is -0.186. The summed E-state index contributed by atoms with van der Waals surface area (Å²) in [5.74, 6) is -1.78. The molecule has 0 spiro atoms. The van der Waals surface area contributed by atoms with E-state index in [0.717, 1.165) is 0 Å². The molecule has 0 saturated carbocycles. The van der Waals surface area contributed by atoms with Gasteiger partial charge in [0.2, 0.25) is 11.8 Å². The fraction of sp³-hybridized carbons (Fsp3) is 0.769. The third kappa shape index (κ3) is 1.89. The van der Waals surface area contributed by atoms with Gasteiger partial charge in [0, 0.05) is 7.05 Å². The van der Waals surface area contributed by atoms with Crippen molar-refractivity contribution in [2.45, 2.75) is 58.2 Å². The summed E-state index contributed by atoms with van der Waals surface area (Å²) >= 11 is 0. The summed E-state index contributed by atoms with van der Waals surface area (Å²) in [7, 11) is 1.56. The van der Waals surface area contributed by atoms with Gasteiger partial charge in [0.25, 0.3) is 0 Å². The number of hydrogen-bond acceptors (Lipinski definition) is 3. The molecule has 0 aromatic heterocycles. The highest BCUT2D eigenvalue weighted by molar-refractivity contribution is 6.03. The Morgan fingerprint density at radius 2 is 1.47 bits per heavy atom. The van der Waals surface area contributed by atoms with Crippen LogP contribution in [0.2, 0.25) is 0 Å². The summed E-state index contributed by atoms with van der Waals surface area (Å²) in [6, 6.07) is 0. The molecular formula is C13H22N2O4. The van der Waals surface area contributed by atoms with E-state index in [1.54, 1.807) is 34.7 Å². The van der Waals surface area contributed by atoms with E-state index in [9.17, 15) is 19.5 Å². The monoisotopic (exact) mass is 270 g/mol. The van der Waals surface area contributed by atoms with Crippen LogP contribution < -0.4 is 0 Å². The van der Waals surface area contributed by atoms with E-state index < -0.39 is 22.6 Å². The SMILES string of the molecule is CN1C(=O)C(C)(C)N(C(C)(C)C(=O)O)C(=O)C1(C)C. The Balaban J connectivity index is 3.49. The summed E-state index contributed by atoms with van der Waals surface area (Å²) in [5, 5.41) is 9.35. The number of rotatable bonds is 2. The molecule has 108 valence electrons. The summed E-state index contributed by atoms with van der Waals surface area (Å²) in [6.45, 7) is 9.25. The zero-order valence-electron chi connectivity index (χ0n) is 12.6. The molecule has 6 heteroatoms. The zero-order chi connectivity index (χ0) is 15.4. The number of nitrogens with zero attached hydrogens (tertiary/aromatic N) is 2. The first-order valence-corrected chi connectivity index (χ1v) is 6.15. The van der Waals surface area contributed by atoms with Crippen molar-refractivity contribution in [1.29, 1.82) is 0 Å². The maximum Gasteiger partial charge on any atom is 0.329 e. The van der Waals surface area contributed by atoms with Gasteiger partial charge in [-0.25, -0.2) is 4.79 Å². The second kappa shape index (κ2) is 3.95. The largest absolute Gasteiger partial charge is 0.480 e. The van der Waals surface area contributed by atoms with Crippen LogP contribution in [-0.2, 0) is 14.4 Å². The number of carboxylic acid groups (broad SMARTS) is 1. The van der Waals surface area contributed by atoms with Gasteiger partial charge in [0.1, 0.15) is 16.6 Å². The summed E-state index contributed by atoms with van der Waals surface area (Å²) < 4.78 is 0. The zero-order valence-corrected chi connectivity index (χ0v) is 12.6. The van der Waals surface area contributed by atoms with Crippen LogP contribution in [0, 0.1) is 0 Å². The smallest absolute Gasteiger partial charge is 0.329 e. The number of carbonyl (C=O) groups is 3. The summed E-state index contributed by atoms with van der Waals surface area (Å²) in [4.78, 5) is 39.1. The summed E-state index contributed by atoms with van der Waals surface area (Å²) in [6.07, 6.45) is 0. The Labute approximate surface area is 113 Å². The lowest BCUT2D eigenvalue weighted by Crippen LogP contribution is -2.77. The van der Waals surface area contributed by atoms with E-state index in [2.05, 4.69) is 0 Å². The topological polar surface area (TPSA) is 77.9 Å². The van der Waals surface area contributed by atoms with Gasteiger partial charge in [-0.05, 0) is 41.5 Å². The van der Waals surface area contributed by atoms with Crippen LogP contribution in [0.25, 0.3) is 0 Å². The Morgan fingerprint density at radius 3 is 1.84 bits per heavy atom. The van der Waals surface area contributed by atoms with Gasteiger partial charge in [0.15, 0.2) is 0 Å². The predicted molar refractivity (Wildman–Crippen MR) is 69.5 cm³/mol. The quantitative estimate of drug-likeness (QED) is 0.801. The molecule has 6 nitrogen and oxygen atoms in total. The van der Waals surface area contributed by atoms with E-state index in [0.29, 0.717) is 0 Å². The van der Waals surface area contributed by atoms with Crippen molar-refractivity contribution in [1.82, 2.24) is 9.80 Å². The minimum Gasteiger partial charge on any atom is -0.480 e. The molecule has 0 radical (unpaired) electrons. The van der Waals surface area contributed by atoms with Crippen molar-refractivity contribution in [2.24, 2.45) is 0 Å². The number of carboxylic acids is 1. The molecule has 1 N–H and O–H groups in total. The van der Waals surface area contributed by atoms with E-state index in [1.807, 2.05) is 0 Å². The second-order valence-corrected chi connectivity index (χ2v) is 6.49. The van der Waals surface area contributed by atoms with Gasteiger partial charge in [-0.3, -0.25) is 9.59 Å². The molecule has 1 aliphatic heterocycles. The fourth-order valence-corrected chi connectivity index (χ4v) is 2.48. The Hall–Kier alpha value is -1.59. The van der Waals surface area contributed by atoms with Gasteiger partial charge in [0.05, 0.1) is 0 Å². The van der Waals surface area contributed by atoms with E-state index in [1.165, 1.54) is 23.6 Å². The van der Waals surface area contributed by atoms with Crippen LogP contribution in [0.5, 0.6) is 0 Å². The maximum atomic E-state index is 12.6. The molecule has 0 aliphatic carbocycles. The third-order valence-corrected chi connectivity index (χ3v) is 4.03. The second-order valence-electron chi connectivity index (χ2n) is 6.49. The molecule has 1 rings (SSSR count). The first-order valence-electron chi connectivity index (χ1n) is 6.15. The number of carbonyl (C=O) groups excluding carboxylic acids is 2. The minimum absolute atomic E-state index is 0.272. The van der Waals surface area contributed by atoms with Crippen LogP contribution in [0.15, 0.2) is 0 Å². The average Bonchev–Trinajstić information content (AvgIpc) is 2.24. The number of likely N-dealkylation sites (N-methyl/N-ethyl adjacent to an activating group) is 1. The van der Waals surface area contributed by atoms with Crippen LogP contribution in [0.3, 0.4) is 0 Å². The molecule has 0 bridgehead atoms. The fourth-order valence-electron chi connectivity index (χ4n) is 2.48. The predicted octanol–water partition coefficient (Wildman–Crippen LogP) is 0.707. The highest BCUT2D eigenvalue weighted by atomic mass is 16.4. The number of hydrogen-bond donors (Lipinski definition) is 1. The highest BCUT2D eigenvalue weighted by Crippen LogP contribution is 2.37. The number of piperazine rings is 1. The van der Waals surface area contributed by atoms with Crippen LogP contribution in [0.4, 0.5) is 0 Å². The summed E-state index contributed by atoms with van der Waals surface area (Å²) in [5.41, 5.74) is -3.70. The van der Waals surface area contributed by atoms with Gasteiger partial charge in [-0.15, -0.1) is 0 Å². The number of amides is 2. The molecule has 0 unspecified atom stereocenters. The number of aliphatic carboxylic acids is 1. The first-order chi connectivity index (χ1) is 8.29. The van der Waals surface area contributed by atoms with Gasteiger partial charge in [-0.1, -0.05) is 0 Å². The Kier molecular flexibility index (Phi) is 3.22. The van der Waals surface area contributed by atoms with E-state index in [4.69, 9.17) is 0 Å². The van der Waals surface area contributed by atoms with Gasteiger partial charge < -0.3 is 14.9 Å².